The lowest BCUT2D eigenvalue weighted by atomic mass is 9.76. The number of aromatic nitrogens is 1. The highest BCUT2D eigenvalue weighted by molar-refractivity contribution is 6.07. The lowest BCUT2D eigenvalue weighted by Crippen LogP contribution is -2.58. The van der Waals surface area contributed by atoms with Crippen LogP contribution in [0.25, 0.3) is 11.0 Å². The van der Waals surface area contributed by atoms with E-state index in [2.05, 4.69) is 15.2 Å². The molecule has 0 saturated heterocycles. The summed E-state index contributed by atoms with van der Waals surface area (Å²) < 4.78 is 51.0. The van der Waals surface area contributed by atoms with Crippen LogP contribution in [0.5, 0.6) is 5.75 Å². The van der Waals surface area contributed by atoms with Gasteiger partial charge in [0.2, 0.25) is 0 Å². The highest BCUT2D eigenvalue weighted by atomic mass is 19.4. The number of furan rings is 1. The Bertz CT molecular complexity index is 1170. The molecule has 1 aliphatic carbocycles. The van der Waals surface area contributed by atoms with E-state index < -0.39 is 11.9 Å². The second-order valence-corrected chi connectivity index (χ2v) is 8.81. The van der Waals surface area contributed by atoms with Gasteiger partial charge in [0.15, 0.2) is 5.69 Å². The van der Waals surface area contributed by atoms with Gasteiger partial charge in [0, 0.05) is 23.7 Å². The number of aryl methyl sites for hydroxylation is 1. The minimum absolute atomic E-state index is 0.0675. The maximum Gasteiger partial charge on any atom is 0.433 e. The van der Waals surface area contributed by atoms with Crippen LogP contribution >= 0.6 is 0 Å². The summed E-state index contributed by atoms with van der Waals surface area (Å²) in [5, 5.41) is 3.74. The van der Waals surface area contributed by atoms with Crippen LogP contribution in [0.1, 0.15) is 46.6 Å². The zero-order valence-corrected chi connectivity index (χ0v) is 18.8. The Morgan fingerprint density at radius 1 is 1.27 bits per heavy atom. The number of nitrogens with zero attached hydrogens (tertiary/aromatic N) is 2. The van der Waals surface area contributed by atoms with Crippen LogP contribution in [-0.2, 0) is 12.8 Å². The molecule has 6 nitrogen and oxygen atoms in total. The number of pyridine rings is 1. The Balaban J connectivity index is 1.57. The molecule has 0 aliphatic heterocycles. The van der Waals surface area contributed by atoms with E-state index in [9.17, 15) is 18.0 Å². The summed E-state index contributed by atoms with van der Waals surface area (Å²) >= 11 is 0. The molecule has 1 fully saturated rings. The van der Waals surface area contributed by atoms with Gasteiger partial charge in [-0.15, -0.1) is 0 Å². The molecule has 176 valence electrons. The third kappa shape index (κ3) is 4.83. The van der Waals surface area contributed by atoms with Gasteiger partial charge in [-0.3, -0.25) is 9.78 Å². The Kier molecular flexibility index (Phi) is 6.09. The van der Waals surface area contributed by atoms with E-state index in [0.29, 0.717) is 28.0 Å². The monoisotopic (exact) mass is 461 g/mol. The van der Waals surface area contributed by atoms with Crippen molar-refractivity contribution < 1.29 is 27.1 Å². The first-order valence-electron chi connectivity index (χ1n) is 10.7. The molecular formula is C24H26F3N3O3. The molecule has 1 saturated carbocycles. The number of halogens is 3. The second-order valence-electron chi connectivity index (χ2n) is 8.81. The first-order valence-corrected chi connectivity index (χ1v) is 10.7. The summed E-state index contributed by atoms with van der Waals surface area (Å²) in [5.41, 5.74) is -0.381. The lowest BCUT2D eigenvalue weighted by Gasteiger charge is -2.44. The number of nitrogens with one attached hydrogen (secondary N) is 1. The zero-order valence-electron chi connectivity index (χ0n) is 18.8. The maximum absolute atomic E-state index is 13.2. The van der Waals surface area contributed by atoms with Crippen LogP contribution in [0.3, 0.4) is 0 Å². The van der Waals surface area contributed by atoms with Gasteiger partial charge in [-0.1, -0.05) is 6.07 Å². The summed E-state index contributed by atoms with van der Waals surface area (Å²) in [6.45, 7) is 2.16. The second kappa shape index (κ2) is 8.70. The zero-order chi connectivity index (χ0) is 23.8. The summed E-state index contributed by atoms with van der Waals surface area (Å²) in [6.07, 6.45) is -0.589. The van der Waals surface area contributed by atoms with Crippen molar-refractivity contribution in [2.45, 2.75) is 44.5 Å². The van der Waals surface area contributed by atoms with Crippen molar-refractivity contribution in [2.24, 2.45) is 0 Å². The van der Waals surface area contributed by atoms with Gasteiger partial charge in [-0.25, -0.2) is 0 Å². The molecule has 2 aromatic heterocycles. The third-order valence-corrected chi connectivity index (χ3v) is 5.92. The van der Waals surface area contributed by atoms with Crippen molar-refractivity contribution in [3.63, 3.8) is 0 Å². The number of rotatable bonds is 7. The van der Waals surface area contributed by atoms with E-state index in [1.165, 1.54) is 12.1 Å². The van der Waals surface area contributed by atoms with Crippen molar-refractivity contribution in [1.82, 2.24) is 15.2 Å². The fourth-order valence-electron chi connectivity index (χ4n) is 4.38. The van der Waals surface area contributed by atoms with Gasteiger partial charge >= 0.3 is 6.18 Å². The summed E-state index contributed by atoms with van der Waals surface area (Å²) in [6, 6.07) is 7.65. The molecule has 0 radical (unpaired) electrons. The standard InChI is InChI=1S/C24H26F3N3O3/c1-15-20(22(31)29-23(9-5-10-23)14-30(2)3)18-12-17(7-8-19(18)33-15)32-13-16-6-4-11-28-21(16)24(25,26)27/h4,6-8,11-12H,5,9-10,13-14H2,1-3H3,(H,29,31). The van der Waals surface area contributed by atoms with Crippen molar-refractivity contribution in [3.8, 4) is 5.75 Å². The van der Waals surface area contributed by atoms with Gasteiger partial charge in [0.05, 0.1) is 11.1 Å². The van der Waals surface area contributed by atoms with Crippen LogP contribution in [0, 0.1) is 6.92 Å². The number of carbonyl (C=O) groups is 1. The highest BCUT2D eigenvalue weighted by Crippen LogP contribution is 2.35. The maximum atomic E-state index is 13.2. The summed E-state index contributed by atoms with van der Waals surface area (Å²) in [4.78, 5) is 18.7. The van der Waals surface area contributed by atoms with E-state index >= 15 is 0 Å². The Hall–Kier alpha value is -3.07. The number of ether oxygens (including phenoxy) is 1. The van der Waals surface area contributed by atoms with E-state index in [1.807, 2.05) is 14.1 Å². The number of fused-ring (bicyclic) bond motifs is 1. The van der Waals surface area contributed by atoms with Gasteiger partial charge < -0.3 is 19.4 Å². The number of amides is 1. The molecule has 0 atom stereocenters. The topological polar surface area (TPSA) is 67.6 Å². The average Bonchev–Trinajstić information content (AvgIpc) is 3.04. The molecule has 1 aromatic carbocycles. The van der Waals surface area contributed by atoms with Crippen molar-refractivity contribution in [3.05, 3.63) is 59.1 Å². The summed E-state index contributed by atoms with van der Waals surface area (Å²) in [5.74, 6) is 0.586. The van der Waals surface area contributed by atoms with Crippen LogP contribution in [0.4, 0.5) is 13.2 Å². The first-order chi connectivity index (χ1) is 15.6. The first kappa shape index (κ1) is 23.1. The third-order valence-electron chi connectivity index (χ3n) is 5.92. The molecule has 0 unspecified atom stereocenters. The SMILES string of the molecule is Cc1oc2ccc(OCc3cccnc3C(F)(F)F)cc2c1C(=O)NC1(CN(C)C)CCC1. The van der Waals surface area contributed by atoms with Gasteiger partial charge in [0.1, 0.15) is 23.7 Å². The Morgan fingerprint density at radius 2 is 2.03 bits per heavy atom. The smallest absolute Gasteiger partial charge is 0.433 e. The molecule has 33 heavy (non-hydrogen) atoms. The van der Waals surface area contributed by atoms with E-state index in [4.69, 9.17) is 9.15 Å². The van der Waals surface area contributed by atoms with Gasteiger partial charge in [0.25, 0.3) is 5.91 Å². The molecule has 9 heteroatoms. The van der Waals surface area contributed by atoms with E-state index in [0.717, 1.165) is 32.0 Å². The quantitative estimate of drug-likeness (QED) is 0.539. The Morgan fingerprint density at radius 3 is 2.67 bits per heavy atom. The molecule has 1 amide bonds. The number of alkyl halides is 3. The van der Waals surface area contributed by atoms with Crippen LogP contribution in [0.15, 0.2) is 40.9 Å². The van der Waals surface area contributed by atoms with E-state index in [-0.39, 0.29) is 23.6 Å². The molecule has 2 heterocycles. The molecule has 1 N–H and O–H groups in total. The van der Waals surface area contributed by atoms with E-state index in [1.54, 1.807) is 25.1 Å². The molecule has 0 spiro atoms. The fourth-order valence-corrected chi connectivity index (χ4v) is 4.38. The predicted octanol–water partition coefficient (Wildman–Crippen LogP) is 4.95. The molecular weight excluding hydrogens is 435 g/mol. The van der Waals surface area contributed by atoms with Gasteiger partial charge in [-0.05, 0) is 64.5 Å². The minimum atomic E-state index is -4.57. The predicted molar refractivity (Wildman–Crippen MR) is 117 cm³/mol. The van der Waals surface area contributed by atoms with Crippen molar-refractivity contribution in [1.29, 1.82) is 0 Å². The molecule has 1 aliphatic rings. The minimum Gasteiger partial charge on any atom is -0.489 e. The van der Waals surface area contributed by atoms with Crippen LogP contribution < -0.4 is 10.1 Å². The van der Waals surface area contributed by atoms with Crippen molar-refractivity contribution >= 4 is 16.9 Å². The highest BCUT2D eigenvalue weighted by Gasteiger charge is 2.39. The molecule has 3 aromatic rings. The van der Waals surface area contributed by atoms with Crippen molar-refractivity contribution in [2.75, 3.05) is 20.6 Å². The number of hydrogen-bond donors (Lipinski definition) is 1. The normalized spacial score (nSPS) is 15.5. The fraction of sp³-hybridized carbons (Fsp3) is 0.417. The lowest BCUT2D eigenvalue weighted by molar-refractivity contribution is -0.142. The average molecular weight is 461 g/mol. The van der Waals surface area contributed by atoms with Crippen LogP contribution in [-0.4, -0.2) is 42.0 Å². The summed E-state index contributed by atoms with van der Waals surface area (Å²) in [7, 11) is 3.95. The Labute approximate surface area is 189 Å². The molecule has 4 rings (SSSR count). The number of hydrogen-bond acceptors (Lipinski definition) is 5. The number of carbonyl (C=O) groups excluding carboxylic acids is 1. The van der Waals surface area contributed by atoms with Crippen LogP contribution in [0.2, 0.25) is 0 Å². The van der Waals surface area contributed by atoms with Gasteiger partial charge in [-0.2, -0.15) is 13.2 Å². The number of benzene rings is 1. The number of likely N-dealkylation sites (N-methyl/N-ethyl adjacent to an activating group) is 1. The largest absolute Gasteiger partial charge is 0.489 e. The molecule has 0 bridgehead atoms.